The number of methoxy groups -OCH3 is 3. The van der Waals surface area contributed by atoms with Gasteiger partial charge in [-0.25, -0.2) is 4.98 Å². The van der Waals surface area contributed by atoms with Crippen molar-refractivity contribution in [2.75, 3.05) is 34.4 Å². The van der Waals surface area contributed by atoms with Crippen LogP contribution in [-0.4, -0.2) is 56.1 Å². The smallest absolute Gasteiger partial charge is 0.416 e. The van der Waals surface area contributed by atoms with Crippen LogP contribution < -0.4 is 19.5 Å². The summed E-state index contributed by atoms with van der Waals surface area (Å²) in [5, 5.41) is 5.18. The molecule has 2 aromatic carbocycles. The van der Waals surface area contributed by atoms with Gasteiger partial charge in [-0.1, -0.05) is 12.1 Å². The minimum absolute atomic E-state index is 0.0872. The first-order chi connectivity index (χ1) is 18.7. The number of piperidine rings is 1. The molecule has 0 radical (unpaired) electrons. The lowest BCUT2D eigenvalue weighted by atomic mass is 9.97. The number of ether oxygens (including phenoxy) is 3. The molecule has 0 atom stereocenters. The topological polar surface area (TPSA) is 90.0 Å². The van der Waals surface area contributed by atoms with Gasteiger partial charge in [0.25, 0.3) is 11.8 Å². The Hall–Kier alpha value is -3.80. The third-order valence-electron chi connectivity index (χ3n) is 6.55. The van der Waals surface area contributed by atoms with Crippen LogP contribution in [0.4, 0.5) is 13.2 Å². The summed E-state index contributed by atoms with van der Waals surface area (Å²) in [6.45, 7) is 1.11. The Morgan fingerprint density at radius 1 is 1.00 bits per heavy atom. The minimum atomic E-state index is -4.40. The number of aromatic nitrogens is 1. The summed E-state index contributed by atoms with van der Waals surface area (Å²) < 4.78 is 54.3. The van der Waals surface area contributed by atoms with E-state index in [0.717, 1.165) is 17.1 Å². The Morgan fingerprint density at radius 3 is 2.26 bits per heavy atom. The number of halogens is 3. The fourth-order valence-electron chi connectivity index (χ4n) is 4.43. The molecular formula is C27H28F3N3O5S. The van der Waals surface area contributed by atoms with E-state index in [1.165, 1.54) is 44.8 Å². The molecule has 39 heavy (non-hydrogen) atoms. The quantitative estimate of drug-likeness (QED) is 0.409. The van der Waals surface area contributed by atoms with Crippen molar-refractivity contribution in [3.63, 3.8) is 0 Å². The number of amides is 2. The number of hydrogen-bond donors (Lipinski definition) is 1. The van der Waals surface area contributed by atoms with Crippen molar-refractivity contribution in [1.29, 1.82) is 0 Å². The first-order valence-corrected chi connectivity index (χ1v) is 13.0. The highest BCUT2D eigenvalue weighted by atomic mass is 32.1. The fraction of sp³-hybridized carbons (Fsp3) is 0.370. The molecule has 1 aliphatic heterocycles. The summed E-state index contributed by atoms with van der Waals surface area (Å²) in [4.78, 5) is 32.1. The van der Waals surface area contributed by atoms with Crippen LogP contribution in [0.3, 0.4) is 0 Å². The maximum Gasteiger partial charge on any atom is 0.416 e. The van der Waals surface area contributed by atoms with E-state index in [1.54, 1.807) is 22.4 Å². The SMILES string of the molecule is COc1ccc(C(=O)N2CCC(c3nc(C(=O)NCc4ccc(C(F)(F)F)cc4)cs3)CC2)c(OC)c1OC. The van der Waals surface area contributed by atoms with Gasteiger partial charge in [-0.15, -0.1) is 11.3 Å². The molecule has 8 nitrogen and oxygen atoms in total. The van der Waals surface area contributed by atoms with Gasteiger partial charge in [-0.3, -0.25) is 9.59 Å². The lowest BCUT2D eigenvalue weighted by Crippen LogP contribution is -2.38. The van der Waals surface area contributed by atoms with Gasteiger partial charge in [0, 0.05) is 30.9 Å². The van der Waals surface area contributed by atoms with Crippen molar-refractivity contribution in [3.8, 4) is 17.2 Å². The molecule has 1 aromatic heterocycles. The summed E-state index contributed by atoms with van der Waals surface area (Å²) in [6.07, 6.45) is -3.04. The van der Waals surface area contributed by atoms with Gasteiger partial charge < -0.3 is 24.4 Å². The summed E-state index contributed by atoms with van der Waals surface area (Å²) in [5.74, 6) is 0.665. The Kier molecular flexibility index (Phi) is 8.63. The van der Waals surface area contributed by atoms with Gasteiger partial charge in [0.15, 0.2) is 11.5 Å². The standard InChI is InChI=1S/C27H28F3N3O5S/c1-36-21-9-8-19(22(37-2)23(21)38-3)26(35)33-12-10-17(11-13-33)25-32-20(15-39-25)24(34)31-14-16-4-6-18(7-5-16)27(28,29)30/h4-9,15,17H,10-14H2,1-3H3,(H,31,34). The van der Waals surface area contributed by atoms with Crippen LogP contribution in [0.15, 0.2) is 41.8 Å². The van der Waals surface area contributed by atoms with E-state index in [4.69, 9.17) is 14.2 Å². The van der Waals surface area contributed by atoms with E-state index < -0.39 is 17.6 Å². The van der Waals surface area contributed by atoms with Gasteiger partial charge in [-0.05, 0) is 42.7 Å². The van der Waals surface area contributed by atoms with Gasteiger partial charge in [0.1, 0.15) is 5.69 Å². The highest BCUT2D eigenvalue weighted by molar-refractivity contribution is 7.09. The zero-order chi connectivity index (χ0) is 28.2. The number of nitrogens with zero attached hydrogens (tertiary/aromatic N) is 2. The average molecular weight is 564 g/mol. The Labute approximate surface area is 227 Å². The number of hydrogen-bond acceptors (Lipinski definition) is 7. The van der Waals surface area contributed by atoms with Crippen molar-refractivity contribution in [2.45, 2.75) is 31.5 Å². The largest absolute Gasteiger partial charge is 0.493 e. The summed E-state index contributed by atoms with van der Waals surface area (Å²) in [6, 6.07) is 7.97. The molecule has 0 aliphatic carbocycles. The number of benzene rings is 2. The number of carbonyl (C=O) groups is 2. The number of thiazole rings is 1. The van der Waals surface area contributed by atoms with E-state index in [9.17, 15) is 22.8 Å². The molecule has 0 bridgehead atoms. The molecule has 3 aromatic rings. The molecule has 12 heteroatoms. The predicted molar refractivity (Wildman–Crippen MR) is 139 cm³/mol. The third kappa shape index (κ3) is 6.27. The van der Waals surface area contributed by atoms with E-state index in [2.05, 4.69) is 10.3 Å². The molecule has 1 fully saturated rings. The van der Waals surface area contributed by atoms with Crippen molar-refractivity contribution < 1.29 is 37.0 Å². The number of likely N-dealkylation sites (tertiary alicyclic amines) is 1. The first kappa shape index (κ1) is 28.2. The fourth-order valence-corrected chi connectivity index (χ4v) is 5.40. The van der Waals surface area contributed by atoms with Crippen LogP contribution in [0.25, 0.3) is 0 Å². The summed E-state index contributed by atoms with van der Waals surface area (Å²) >= 11 is 1.38. The van der Waals surface area contributed by atoms with Crippen LogP contribution in [0.5, 0.6) is 17.2 Å². The second-order valence-corrected chi connectivity index (χ2v) is 9.79. The molecule has 0 spiro atoms. The lowest BCUT2D eigenvalue weighted by molar-refractivity contribution is -0.137. The summed E-state index contributed by atoms with van der Waals surface area (Å²) in [5.41, 5.74) is 0.456. The number of carbonyl (C=O) groups excluding carboxylic acids is 2. The van der Waals surface area contributed by atoms with E-state index in [-0.39, 0.29) is 24.1 Å². The minimum Gasteiger partial charge on any atom is -0.493 e. The molecule has 2 amide bonds. The second-order valence-electron chi connectivity index (χ2n) is 8.90. The summed E-state index contributed by atoms with van der Waals surface area (Å²) in [7, 11) is 4.47. The third-order valence-corrected chi connectivity index (χ3v) is 7.56. The molecule has 0 saturated carbocycles. The number of alkyl halides is 3. The Balaban J connectivity index is 1.34. The van der Waals surface area contributed by atoms with Crippen molar-refractivity contribution >= 4 is 23.2 Å². The monoisotopic (exact) mass is 563 g/mol. The molecule has 2 heterocycles. The maximum absolute atomic E-state index is 13.3. The van der Waals surface area contributed by atoms with Crippen LogP contribution >= 0.6 is 11.3 Å². The average Bonchev–Trinajstić information content (AvgIpc) is 3.45. The number of rotatable bonds is 8. The van der Waals surface area contributed by atoms with E-state index in [0.29, 0.717) is 54.3 Å². The van der Waals surface area contributed by atoms with Gasteiger partial charge in [-0.2, -0.15) is 13.2 Å². The van der Waals surface area contributed by atoms with Crippen molar-refractivity contribution in [2.24, 2.45) is 0 Å². The molecule has 0 unspecified atom stereocenters. The second kappa shape index (κ2) is 11.9. The van der Waals surface area contributed by atoms with Gasteiger partial charge in [0.2, 0.25) is 5.75 Å². The zero-order valence-corrected chi connectivity index (χ0v) is 22.4. The van der Waals surface area contributed by atoms with Crippen LogP contribution in [0.1, 0.15) is 55.7 Å². The van der Waals surface area contributed by atoms with Crippen LogP contribution in [0.2, 0.25) is 0 Å². The Bertz CT molecular complexity index is 1320. The normalized spacial score (nSPS) is 14.2. The molecule has 1 aliphatic rings. The van der Waals surface area contributed by atoms with Crippen LogP contribution in [-0.2, 0) is 12.7 Å². The molecule has 4 rings (SSSR count). The molecule has 1 saturated heterocycles. The number of nitrogens with one attached hydrogen (secondary N) is 1. The predicted octanol–water partition coefficient (Wildman–Crippen LogP) is 5.14. The lowest BCUT2D eigenvalue weighted by Gasteiger charge is -2.31. The van der Waals surface area contributed by atoms with E-state index >= 15 is 0 Å². The molecule has 1 N–H and O–H groups in total. The van der Waals surface area contributed by atoms with Crippen molar-refractivity contribution in [3.05, 3.63) is 69.2 Å². The van der Waals surface area contributed by atoms with Crippen LogP contribution in [0, 0.1) is 0 Å². The zero-order valence-electron chi connectivity index (χ0n) is 21.6. The highest BCUT2D eigenvalue weighted by Gasteiger charge is 2.31. The van der Waals surface area contributed by atoms with Gasteiger partial charge in [0.05, 0.1) is 37.5 Å². The highest BCUT2D eigenvalue weighted by Crippen LogP contribution is 2.41. The van der Waals surface area contributed by atoms with Gasteiger partial charge >= 0.3 is 6.18 Å². The molecular weight excluding hydrogens is 535 g/mol. The van der Waals surface area contributed by atoms with Crippen molar-refractivity contribution in [1.82, 2.24) is 15.2 Å². The molecule has 208 valence electrons. The van der Waals surface area contributed by atoms with E-state index in [1.807, 2.05) is 0 Å². The maximum atomic E-state index is 13.3. The first-order valence-electron chi connectivity index (χ1n) is 12.1. The Morgan fingerprint density at radius 2 is 1.67 bits per heavy atom.